The van der Waals surface area contributed by atoms with E-state index >= 15 is 0 Å². The van der Waals surface area contributed by atoms with Crippen LogP contribution in [0, 0.1) is 0 Å². The van der Waals surface area contributed by atoms with E-state index in [9.17, 15) is 9.90 Å². The number of oxazole rings is 1. The van der Waals surface area contributed by atoms with Crippen molar-refractivity contribution in [2.24, 2.45) is 0 Å². The van der Waals surface area contributed by atoms with Crippen molar-refractivity contribution in [3.05, 3.63) is 42.4 Å². The molecule has 0 aliphatic rings. The van der Waals surface area contributed by atoms with Crippen molar-refractivity contribution in [2.45, 2.75) is 26.4 Å². The van der Waals surface area contributed by atoms with Crippen LogP contribution in [-0.2, 0) is 0 Å². The molecule has 0 atom stereocenters. The number of aromatic nitrogens is 1. The number of carbonyl (C=O) groups is 1. The number of carbonyl (C=O) groups excluding carboxylic acids is 1. The molecule has 0 unspecified atom stereocenters. The molecule has 1 amide bonds. The molecule has 0 saturated heterocycles. The van der Waals surface area contributed by atoms with E-state index in [2.05, 4.69) is 4.98 Å². The highest BCUT2D eigenvalue weighted by atomic mass is 16.3. The third-order valence-electron chi connectivity index (χ3n) is 3.10. The smallest absolute Gasteiger partial charge is 0.253 e. The van der Waals surface area contributed by atoms with Crippen LogP contribution in [0.3, 0.4) is 0 Å². The van der Waals surface area contributed by atoms with E-state index in [4.69, 9.17) is 4.42 Å². The Morgan fingerprint density at radius 2 is 2.00 bits per heavy atom. The summed E-state index contributed by atoms with van der Waals surface area (Å²) < 4.78 is 5.21. The summed E-state index contributed by atoms with van der Waals surface area (Å²) in [6.45, 7) is 6.12. The van der Waals surface area contributed by atoms with Crippen LogP contribution >= 0.6 is 0 Å². The maximum Gasteiger partial charge on any atom is 0.253 e. The van der Waals surface area contributed by atoms with Crippen molar-refractivity contribution in [2.75, 3.05) is 13.1 Å². The van der Waals surface area contributed by atoms with Crippen LogP contribution in [0.25, 0.3) is 11.3 Å². The van der Waals surface area contributed by atoms with Gasteiger partial charge in [0.15, 0.2) is 12.2 Å². The summed E-state index contributed by atoms with van der Waals surface area (Å²) in [4.78, 5) is 17.9. The Bertz CT molecular complexity index is 583. The first-order valence-electron chi connectivity index (χ1n) is 6.91. The van der Waals surface area contributed by atoms with Crippen LogP contribution in [0.5, 0.6) is 0 Å². The number of amides is 1. The Labute approximate surface area is 124 Å². The largest absolute Gasteiger partial charge is 0.444 e. The van der Waals surface area contributed by atoms with E-state index < -0.39 is 5.60 Å². The molecule has 0 radical (unpaired) electrons. The quantitative estimate of drug-likeness (QED) is 0.918. The van der Waals surface area contributed by atoms with Gasteiger partial charge in [-0.1, -0.05) is 12.1 Å². The molecule has 0 fully saturated rings. The van der Waals surface area contributed by atoms with Crippen molar-refractivity contribution in [3.8, 4) is 11.3 Å². The topological polar surface area (TPSA) is 66.6 Å². The van der Waals surface area contributed by atoms with Gasteiger partial charge in [-0.25, -0.2) is 4.98 Å². The molecule has 2 aromatic rings. The molecular formula is C16H20N2O3. The SMILES string of the molecule is CCN(CC(C)(C)O)C(=O)c1ccc(-c2cnco2)cc1. The van der Waals surface area contributed by atoms with E-state index in [-0.39, 0.29) is 5.91 Å². The lowest BCUT2D eigenvalue weighted by Gasteiger charge is -2.28. The zero-order valence-corrected chi connectivity index (χ0v) is 12.5. The Morgan fingerprint density at radius 3 is 2.48 bits per heavy atom. The minimum atomic E-state index is -0.911. The lowest BCUT2D eigenvalue weighted by atomic mass is 10.1. The molecule has 0 bridgehead atoms. The van der Waals surface area contributed by atoms with Gasteiger partial charge < -0.3 is 14.4 Å². The first-order valence-corrected chi connectivity index (χ1v) is 6.91. The number of likely N-dealkylation sites (N-methyl/N-ethyl adjacent to an activating group) is 1. The second-order valence-electron chi connectivity index (χ2n) is 5.57. The second-order valence-corrected chi connectivity index (χ2v) is 5.57. The van der Waals surface area contributed by atoms with Crippen LogP contribution in [-0.4, -0.2) is 39.6 Å². The van der Waals surface area contributed by atoms with Crippen molar-refractivity contribution in [1.29, 1.82) is 0 Å². The monoisotopic (exact) mass is 288 g/mol. The highest BCUT2D eigenvalue weighted by Crippen LogP contribution is 2.19. The first kappa shape index (κ1) is 15.3. The maximum absolute atomic E-state index is 12.4. The minimum absolute atomic E-state index is 0.0938. The summed E-state index contributed by atoms with van der Waals surface area (Å²) in [5.74, 6) is 0.571. The Hall–Kier alpha value is -2.14. The lowest BCUT2D eigenvalue weighted by Crippen LogP contribution is -2.42. The molecule has 0 aliphatic carbocycles. The fraction of sp³-hybridized carbons (Fsp3) is 0.375. The van der Waals surface area contributed by atoms with Crippen LogP contribution < -0.4 is 0 Å². The van der Waals surface area contributed by atoms with Crippen molar-refractivity contribution < 1.29 is 14.3 Å². The number of aliphatic hydroxyl groups is 1. The van der Waals surface area contributed by atoms with E-state index in [0.29, 0.717) is 24.4 Å². The average Bonchev–Trinajstić information content (AvgIpc) is 2.97. The molecule has 1 aromatic carbocycles. The Morgan fingerprint density at radius 1 is 1.33 bits per heavy atom. The lowest BCUT2D eigenvalue weighted by molar-refractivity contribution is 0.0314. The Balaban J connectivity index is 2.15. The standard InChI is InChI=1S/C16H20N2O3/c1-4-18(10-16(2,3)20)15(19)13-7-5-12(6-8-13)14-9-17-11-21-14/h5-9,11,20H,4,10H2,1-3H3. The molecule has 1 heterocycles. The third-order valence-corrected chi connectivity index (χ3v) is 3.10. The van der Waals surface area contributed by atoms with Crippen LogP contribution in [0.2, 0.25) is 0 Å². The summed E-state index contributed by atoms with van der Waals surface area (Å²) >= 11 is 0. The minimum Gasteiger partial charge on any atom is -0.444 e. The van der Waals surface area contributed by atoms with E-state index in [1.54, 1.807) is 37.1 Å². The summed E-state index contributed by atoms with van der Waals surface area (Å²) in [5, 5.41) is 9.87. The van der Waals surface area contributed by atoms with Gasteiger partial charge in [0.1, 0.15) is 0 Å². The molecule has 0 spiro atoms. The van der Waals surface area contributed by atoms with Crippen LogP contribution in [0.1, 0.15) is 31.1 Å². The van der Waals surface area contributed by atoms with E-state index in [1.807, 2.05) is 19.1 Å². The number of nitrogens with zero attached hydrogens (tertiary/aromatic N) is 2. The van der Waals surface area contributed by atoms with Crippen molar-refractivity contribution in [3.63, 3.8) is 0 Å². The van der Waals surface area contributed by atoms with Gasteiger partial charge in [-0.3, -0.25) is 4.79 Å². The fourth-order valence-electron chi connectivity index (χ4n) is 2.11. The van der Waals surface area contributed by atoms with Gasteiger partial charge in [0.25, 0.3) is 5.91 Å². The molecule has 2 rings (SSSR count). The normalized spacial score (nSPS) is 11.4. The van der Waals surface area contributed by atoms with Gasteiger partial charge in [-0.05, 0) is 32.9 Å². The maximum atomic E-state index is 12.4. The molecule has 5 nitrogen and oxygen atoms in total. The van der Waals surface area contributed by atoms with Crippen molar-refractivity contribution in [1.82, 2.24) is 9.88 Å². The van der Waals surface area contributed by atoms with E-state index in [0.717, 1.165) is 5.56 Å². The first-order chi connectivity index (χ1) is 9.90. The molecule has 0 saturated carbocycles. The zero-order chi connectivity index (χ0) is 15.5. The number of hydrogen-bond donors (Lipinski definition) is 1. The third kappa shape index (κ3) is 3.92. The molecule has 1 aromatic heterocycles. The van der Waals surface area contributed by atoms with Gasteiger partial charge >= 0.3 is 0 Å². The van der Waals surface area contributed by atoms with Gasteiger partial charge in [0.2, 0.25) is 0 Å². The number of benzene rings is 1. The molecular weight excluding hydrogens is 268 g/mol. The van der Waals surface area contributed by atoms with E-state index in [1.165, 1.54) is 6.39 Å². The molecule has 21 heavy (non-hydrogen) atoms. The molecule has 112 valence electrons. The highest BCUT2D eigenvalue weighted by Gasteiger charge is 2.22. The van der Waals surface area contributed by atoms with Crippen LogP contribution in [0.4, 0.5) is 0 Å². The summed E-state index contributed by atoms with van der Waals surface area (Å²) in [6.07, 6.45) is 3.00. The van der Waals surface area contributed by atoms with Crippen LogP contribution in [0.15, 0.2) is 41.3 Å². The zero-order valence-electron chi connectivity index (χ0n) is 12.5. The summed E-state index contributed by atoms with van der Waals surface area (Å²) in [6, 6.07) is 7.16. The predicted molar refractivity (Wildman–Crippen MR) is 79.8 cm³/mol. The van der Waals surface area contributed by atoms with Crippen molar-refractivity contribution >= 4 is 5.91 Å². The number of hydrogen-bond acceptors (Lipinski definition) is 4. The molecule has 1 N–H and O–H groups in total. The highest BCUT2D eigenvalue weighted by molar-refractivity contribution is 5.94. The molecule has 0 aliphatic heterocycles. The second kappa shape index (κ2) is 6.10. The fourth-order valence-corrected chi connectivity index (χ4v) is 2.11. The number of rotatable bonds is 5. The Kier molecular flexibility index (Phi) is 4.43. The average molecular weight is 288 g/mol. The summed E-state index contributed by atoms with van der Waals surface area (Å²) in [5.41, 5.74) is 0.546. The van der Waals surface area contributed by atoms with Gasteiger partial charge in [-0.2, -0.15) is 0 Å². The van der Waals surface area contributed by atoms with Gasteiger partial charge in [0, 0.05) is 24.2 Å². The van der Waals surface area contributed by atoms with Gasteiger partial charge in [-0.15, -0.1) is 0 Å². The summed E-state index contributed by atoms with van der Waals surface area (Å²) in [7, 11) is 0. The predicted octanol–water partition coefficient (Wildman–Crippen LogP) is 2.57. The molecule has 5 heteroatoms. The van der Waals surface area contributed by atoms with Gasteiger partial charge in [0.05, 0.1) is 11.8 Å².